The highest BCUT2D eigenvalue weighted by atomic mass is 16.5. The van der Waals surface area contributed by atoms with Gasteiger partial charge in [0.2, 0.25) is 5.43 Å². The summed E-state index contributed by atoms with van der Waals surface area (Å²) in [7, 11) is 1.54. The Bertz CT molecular complexity index is 990. The van der Waals surface area contributed by atoms with Crippen molar-refractivity contribution in [2.75, 3.05) is 12.4 Å². The molecular weight excluding hydrogens is 304 g/mol. The fourth-order valence-corrected chi connectivity index (χ4v) is 2.64. The fourth-order valence-electron chi connectivity index (χ4n) is 2.64. The summed E-state index contributed by atoms with van der Waals surface area (Å²) in [6.07, 6.45) is 1.42. The fraction of sp³-hybridized carbons (Fsp3) is 0.158. The second kappa shape index (κ2) is 6.20. The molecule has 24 heavy (non-hydrogen) atoms. The van der Waals surface area contributed by atoms with Crippen LogP contribution in [0.1, 0.15) is 21.5 Å². The molecule has 0 saturated heterocycles. The van der Waals surface area contributed by atoms with Crippen molar-refractivity contribution in [3.05, 3.63) is 69.5 Å². The molecule has 1 heterocycles. The van der Waals surface area contributed by atoms with Crippen molar-refractivity contribution in [1.82, 2.24) is 4.98 Å². The Kier molecular flexibility index (Phi) is 4.08. The van der Waals surface area contributed by atoms with E-state index in [9.17, 15) is 9.59 Å². The van der Waals surface area contributed by atoms with E-state index in [4.69, 9.17) is 4.74 Å². The number of hydrogen-bond donors (Lipinski definition) is 2. The molecule has 1 aromatic heterocycles. The summed E-state index contributed by atoms with van der Waals surface area (Å²) in [5, 5.41) is 3.23. The molecule has 0 unspecified atom stereocenters. The molecule has 3 aromatic rings. The largest absolute Gasteiger partial charge is 0.495 e. The van der Waals surface area contributed by atoms with Crippen LogP contribution in [0.25, 0.3) is 10.9 Å². The molecule has 0 bridgehead atoms. The number of pyridine rings is 1. The van der Waals surface area contributed by atoms with Crippen molar-refractivity contribution in [1.29, 1.82) is 0 Å². The minimum atomic E-state index is -0.435. The number of ether oxygens (including phenoxy) is 1. The van der Waals surface area contributed by atoms with Crippen LogP contribution < -0.4 is 15.5 Å². The average Bonchev–Trinajstić information content (AvgIpc) is 2.59. The molecule has 0 fully saturated rings. The van der Waals surface area contributed by atoms with E-state index in [0.29, 0.717) is 22.3 Å². The molecule has 5 nitrogen and oxygen atoms in total. The van der Waals surface area contributed by atoms with E-state index in [0.717, 1.165) is 11.1 Å². The van der Waals surface area contributed by atoms with Crippen LogP contribution in [0.3, 0.4) is 0 Å². The molecular formula is C19H18N2O3. The van der Waals surface area contributed by atoms with Gasteiger partial charge >= 0.3 is 0 Å². The molecule has 0 saturated carbocycles. The van der Waals surface area contributed by atoms with Crippen molar-refractivity contribution in [3.8, 4) is 5.75 Å². The smallest absolute Gasteiger partial charge is 0.261 e. The molecule has 3 rings (SSSR count). The van der Waals surface area contributed by atoms with Gasteiger partial charge < -0.3 is 15.0 Å². The second-order valence-corrected chi connectivity index (χ2v) is 5.62. The zero-order chi connectivity index (χ0) is 17.3. The van der Waals surface area contributed by atoms with Crippen LogP contribution in [0.2, 0.25) is 0 Å². The molecule has 2 N–H and O–H groups in total. The summed E-state index contributed by atoms with van der Waals surface area (Å²) in [5.41, 5.74) is 3.07. The predicted octanol–water partition coefficient (Wildman–Crippen LogP) is 3.41. The van der Waals surface area contributed by atoms with Gasteiger partial charge in [-0.3, -0.25) is 9.59 Å². The number of aromatic amines is 1. The van der Waals surface area contributed by atoms with Crippen LogP contribution in [0.15, 0.2) is 47.4 Å². The molecule has 122 valence electrons. The van der Waals surface area contributed by atoms with Gasteiger partial charge in [0.1, 0.15) is 11.3 Å². The van der Waals surface area contributed by atoms with Gasteiger partial charge in [0.05, 0.1) is 18.0 Å². The summed E-state index contributed by atoms with van der Waals surface area (Å²) in [5.74, 6) is 0.126. The molecule has 2 aromatic carbocycles. The van der Waals surface area contributed by atoms with E-state index in [1.165, 1.54) is 13.3 Å². The minimum Gasteiger partial charge on any atom is -0.495 e. The van der Waals surface area contributed by atoms with Crippen molar-refractivity contribution in [2.24, 2.45) is 0 Å². The maximum Gasteiger partial charge on any atom is 0.261 e. The molecule has 0 aliphatic heterocycles. The zero-order valence-corrected chi connectivity index (χ0v) is 13.8. The number of aromatic nitrogens is 1. The maximum atomic E-state index is 12.6. The number of anilines is 1. The van der Waals surface area contributed by atoms with Crippen molar-refractivity contribution in [2.45, 2.75) is 13.8 Å². The van der Waals surface area contributed by atoms with E-state index in [2.05, 4.69) is 10.3 Å². The van der Waals surface area contributed by atoms with Crippen molar-refractivity contribution < 1.29 is 9.53 Å². The van der Waals surface area contributed by atoms with Gasteiger partial charge in [0.25, 0.3) is 5.91 Å². The van der Waals surface area contributed by atoms with Gasteiger partial charge in [-0.2, -0.15) is 0 Å². The first kappa shape index (κ1) is 15.8. The number of aryl methyl sites for hydroxylation is 1. The normalized spacial score (nSPS) is 10.6. The van der Waals surface area contributed by atoms with Gasteiger partial charge in [-0.05, 0) is 43.2 Å². The quantitative estimate of drug-likeness (QED) is 0.776. The number of amides is 1. The first-order valence-corrected chi connectivity index (χ1v) is 7.59. The Hall–Kier alpha value is -3.08. The lowest BCUT2D eigenvalue weighted by atomic mass is 10.1. The first-order chi connectivity index (χ1) is 11.5. The maximum absolute atomic E-state index is 12.6. The highest BCUT2D eigenvalue weighted by Crippen LogP contribution is 2.22. The molecule has 1 amide bonds. The highest BCUT2D eigenvalue weighted by Gasteiger charge is 2.15. The third kappa shape index (κ3) is 2.65. The summed E-state index contributed by atoms with van der Waals surface area (Å²) >= 11 is 0. The number of carbonyl (C=O) groups excluding carboxylic acids is 1. The van der Waals surface area contributed by atoms with Crippen LogP contribution in [-0.2, 0) is 0 Å². The Labute approximate surface area is 139 Å². The number of rotatable bonds is 3. The second-order valence-electron chi connectivity index (χ2n) is 5.62. The van der Waals surface area contributed by atoms with Crippen LogP contribution in [0.5, 0.6) is 5.75 Å². The van der Waals surface area contributed by atoms with Crippen molar-refractivity contribution in [3.63, 3.8) is 0 Å². The molecule has 0 atom stereocenters. The number of carbonyl (C=O) groups is 1. The van der Waals surface area contributed by atoms with E-state index in [1.807, 2.05) is 32.0 Å². The number of nitrogens with one attached hydrogen (secondary N) is 2. The number of para-hydroxylation sites is 1. The standard InChI is InChI=1S/C19H18N2O3/c1-11-6-4-8-15(12(11)2)21-19(23)14-10-20-17-13(18(14)22)7-5-9-16(17)24-3/h4-10H,1-3H3,(H,20,22)(H,21,23). The molecule has 0 aliphatic rings. The Morgan fingerprint density at radius 2 is 1.88 bits per heavy atom. The predicted molar refractivity (Wildman–Crippen MR) is 95.0 cm³/mol. The third-order valence-electron chi connectivity index (χ3n) is 4.19. The Morgan fingerprint density at radius 3 is 2.62 bits per heavy atom. The summed E-state index contributed by atoms with van der Waals surface area (Å²) in [4.78, 5) is 28.2. The Balaban J connectivity index is 2.03. The zero-order valence-electron chi connectivity index (χ0n) is 13.8. The van der Waals surface area contributed by atoms with Gasteiger partial charge in [-0.15, -0.1) is 0 Å². The van der Waals surface area contributed by atoms with Crippen LogP contribution in [0.4, 0.5) is 5.69 Å². The van der Waals surface area contributed by atoms with Crippen LogP contribution >= 0.6 is 0 Å². The lowest BCUT2D eigenvalue weighted by Gasteiger charge is -2.11. The molecule has 0 aliphatic carbocycles. The lowest BCUT2D eigenvalue weighted by molar-refractivity contribution is 0.102. The number of H-pyrrole nitrogens is 1. The third-order valence-corrected chi connectivity index (χ3v) is 4.19. The van der Waals surface area contributed by atoms with E-state index in [-0.39, 0.29) is 11.0 Å². The van der Waals surface area contributed by atoms with Gasteiger partial charge in [0.15, 0.2) is 0 Å². The SMILES string of the molecule is COc1cccc2c(=O)c(C(=O)Nc3cccc(C)c3C)c[nH]c12. The average molecular weight is 322 g/mol. The molecule has 0 spiro atoms. The van der Waals surface area contributed by atoms with E-state index < -0.39 is 5.91 Å². The lowest BCUT2D eigenvalue weighted by Crippen LogP contribution is -2.22. The van der Waals surface area contributed by atoms with Crippen molar-refractivity contribution >= 4 is 22.5 Å². The minimum absolute atomic E-state index is 0.0664. The van der Waals surface area contributed by atoms with E-state index in [1.54, 1.807) is 18.2 Å². The van der Waals surface area contributed by atoms with E-state index >= 15 is 0 Å². The topological polar surface area (TPSA) is 71.2 Å². The number of benzene rings is 2. The van der Waals surface area contributed by atoms with Gasteiger partial charge in [-0.1, -0.05) is 18.2 Å². The number of hydrogen-bond acceptors (Lipinski definition) is 3. The van der Waals surface area contributed by atoms with Crippen LogP contribution in [0, 0.1) is 13.8 Å². The monoisotopic (exact) mass is 322 g/mol. The molecule has 0 radical (unpaired) electrons. The molecule has 5 heteroatoms. The highest BCUT2D eigenvalue weighted by molar-refractivity contribution is 6.06. The summed E-state index contributed by atoms with van der Waals surface area (Å²) in [6, 6.07) is 10.8. The number of fused-ring (bicyclic) bond motifs is 1. The first-order valence-electron chi connectivity index (χ1n) is 7.59. The van der Waals surface area contributed by atoms with Gasteiger partial charge in [-0.25, -0.2) is 0 Å². The Morgan fingerprint density at radius 1 is 1.12 bits per heavy atom. The summed E-state index contributed by atoms with van der Waals surface area (Å²) in [6.45, 7) is 3.90. The van der Waals surface area contributed by atoms with Gasteiger partial charge in [0, 0.05) is 11.9 Å². The van der Waals surface area contributed by atoms with Crippen LogP contribution in [-0.4, -0.2) is 18.0 Å². The number of methoxy groups -OCH3 is 1. The summed E-state index contributed by atoms with van der Waals surface area (Å²) < 4.78 is 5.24.